The minimum atomic E-state index is -3.65. The minimum absolute atomic E-state index is 0.111. The number of nitrogens with one attached hydrogen (secondary N) is 1. The van der Waals surface area contributed by atoms with Crippen LogP contribution in [0.15, 0.2) is 43.5 Å². The summed E-state index contributed by atoms with van der Waals surface area (Å²) in [4.78, 5) is 12.8. The van der Waals surface area contributed by atoms with Gasteiger partial charge in [0.05, 0.1) is 21.9 Å². The second kappa shape index (κ2) is 7.85. The third-order valence-electron chi connectivity index (χ3n) is 3.57. The number of morpholine rings is 1. The van der Waals surface area contributed by atoms with Gasteiger partial charge in [-0.2, -0.15) is 4.31 Å². The first-order chi connectivity index (χ1) is 11.9. The van der Waals surface area contributed by atoms with Gasteiger partial charge >= 0.3 is 0 Å². The highest BCUT2D eigenvalue weighted by molar-refractivity contribution is 9.11. The molecule has 10 heteroatoms. The predicted octanol–water partition coefficient (Wildman–Crippen LogP) is 3.55. The van der Waals surface area contributed by atoms with Crippen LogP contribution in [-0.2, 0) is 14.8 Å². The molecule has 25 heavy (non-hydrogen) atoms. The average molecular weight is 510 g/mol. The molecule has 3 rings (SSSR count). The summed E-state index contributed by atoms with van der Waals surface area (Å²) in [7, 11) is -3.65. The number of carbonyl (C=O) groups excluding carboxylic acids is 1. The second-order valence-corrected chi connectivity index (χ2v) is 10.4. The number of sulfonamides is 1. The number of ether oxygens (including phenoxy) is 1. The lowest BCUT2D eigenvalue weighted by Gasteiger charge is -2.25. The number of rotatable bonds is 4. The molecular weight excluding hydrogens is 496 g/mol. The highest BCUT2D eigenvalue weighted by Gasteiger charge is 2.30. The van der Waals surface area contributed by atoms with Crippen molar-refractivity contribution in [3.05, 3.63) is 43.5 Å². The summed E-state index contributed by atoms with van der Waals surface area (Å²) in [6.07, 6.45) is 0. The van der Waals surface area contributed by atoms with E-state index in [1.165, 1.54) is 10.4 Å². The molecule has 2 aromatic rings. The molecule has 0 aliphatic carbocycles. The lowest BCUT2D eigenvalue weighted by Crippen LogP contribution is -2.40. The first-order valence-corrected chi connectivity index (χ1v) is 11.2. The van der Waals surface area contributed by atoms with Crippen molar-refractivity contribution in [3.8, 4) is 0 Å². The van der Waals surface area contributed by atoms with Crippen molar-refractivity contribution < 1.29 is 17.9 Å². The Bertz CT molecular complexity index is 875. The molecule has 0 spiro atoms. The van der Waals surface area contributed by atoms with Gasteiger partial charge in [0.1, 0.15) is 4.90 Å². The average Bonchev–Trinajstić information content (AvgIpc) is 3.00. The molecule has 1 aliphatic heterocycles. The number of benzene rings is 1. The Kier molecular flexibility index (Phi) is 5.96. The number of thiophene rings is 1. The van der Waals surface area contributed by atoms with Gasteiger partial charge in [-0.05, 0) is 46.3 Å². The van der Waals surface area contributed by atoms with Crippen LogP contribution in [0.25, 0.3) is 0 Å². The lowest BCUT2D eigenvalue weighted by molar-refractivity contribution is 0.0730. The lowest BCUT2D eigenvalue weighted by atomic mass is 10.3. The maximum Gasteiger partial charge on any atom is 0.265 e. The largest absolute Gasteiger partial charge is 0.379 e. The summed E-state index contributed by atoms with van der Waals surface area (Å²) in [6.45, 7) is 1.37. The molecule has 0 bridgehead atoms. The van der Waals surface area contributed by atoms with Crippen LogP contribution < -0.4 is 5.32 Å². The Labute approximate surface area is 166 Å². The molecule has 1 fully saturated rings. The quantitative estimate of drug-likeness (QED) is 0.683. The standard InChI is InChI=1S/C15H14Br2N2O4S2/c16-10-1-3-11(4-2-10)18-15(20)12-9-13(14(17)24-12)25(21,22)19-5-7-23-8-6-19/h1-4,9H,5-8H2,(H,18,20). The van der Waals surface area contributed by atoms with Gasteiger partial charge in [-0.1, -0.05) is 15.9 Å². The number of amides is 1. The number of halogens is 2. The summed E-state index contributed by atoms with van der Waals surface area (Å²) in [5.41, 5.74) is 0.635. The van der Waals surface area contributed by atoms with E-state index in [1.807, 2.05) is 12.1 Å². The highest BCUT2D eigenvalue weighted by atomic mass is 79.9. The van der Waals surface area contributed by atoms with Crippen molar-refractivity contribution in [2.75, 3.05) is 31.6 Å². The molecule has 1 amide bonds. The van der Waals surface area contributed by atoms with E-state index in [2.05, 4.69) is 37.2 Å². The highest BCUT2D eigenvalue weighted by Crippen LogP contribution is 2.34. The molecule has 134 valence electrons. The SMILES string of the molecule is O=C(Nc1ccc(Br)cc1)c1cc(S(=O)(=O)N2CCOCC2)c(Br)s1. The molecule has 0 unspecified atom stereocenters. The van der Waals surface area contributed by atoms with Crippen molar-refractivity contribution in [2.24, 2.45) is 0 Å². The van der Waals surface area contributed by atoms with Gasteiger partial charge in [-0.15, -0.1) is 11.3 Å². The Morgan fingerprint density at radius 2 is 1.80 bits per heavy atom. The van der Waals surface area contributed by atoms with Crippen LogP contribution in [0.3, 0.4) is 0 Å². The Morgan fingerprint density at radius 3 is 2.44 bits per heavy atom. The van der Waals surface area contributed by atoms with E-state index < -0.39 is 10.0 Å². The topological polar surface area (TPSA) is 75.7 Å². The molecule has 1 N–H and O–H groups in total. The Balaban J connectivity index is 1.81. The zero-order valence-corrected chi connectivity index (χ0v) is 17.7. The van der Waals surface area contributed by atoms with Crippen molar-refractivity contribution in [1.82, 2.24) is 4.31 Å². The molecule has 2 heterocycles. The molecule has 6 nitrogen and oxygen atoms in total. The van der Waals surface area contributed by atoms with Crippen LogP contribution in [-0.4, -0.2) is 44.9 Å². The molecule has 1 aromatic heterocycles. The number of anilines is 1. The molecule has 1 aliphatic rings. The van der Waals surface area contributed by atoms with Gasteiger partial charge in [0.25, 0.3) is 5.91 Å². The van der Waals surface area contributed by atoms with Crippen LogP contribution in [0, 0.1) is 0 Å². The summed E-state index contributed by atoms with van der Waals surface area (Å²) >= 11 is 7.70. The molecule has 0 atom stereocenters. The predicted molar refractivity (Wildman–Crippen MR) is 104 cm³/mol. The van der Waals surface area contributed by atoms with E-state index in [0.29, 0.717) is 40.7 Å². The fourth-order valence-corrected chi connectivity index (χ4v) is 6.37. The third kappa shape index (κ3) is 4.32. The summed E-state index contributed by atoms with van der Waals surface area (Å²) in [5.74, 6) is -0.351. The zero-order chi connectivity index (χ0) is 18.0. The first kappa shape index (κ1) is 19.0. The van der Waals surface area contributed by atoms with Crippen LogP contribution in [0.5, 0.6) is 0 Å². The molecule has 0 radical (unpaired) electrons. The minimum Gasteiger partial charge on any atom is -0.379 e. The fourth-order valence-electron chi connectivity index (χ4n) is 2.29. The number of hydrogen-bond acceptors (Lipinski definition) is 5. The van der Waals surface area contributed by atoms with E-state index in [-0.39, 0.29) is 10.8 Å². The van der Waals surface area contributed by atoms with Gasteiger partial charge in [0, 0.05) is 23.2 Å². The zero-order valence-electron chi connectivity index (χ0n) is 12.9. The maximum absolute atomic E-state index is 12.7. The Hall–Kier alpha value is -0.780. The van der Waals surface area contributed by atoms with Gasteiger partial charge in [-0.25, -0.2) is 8.42 Å². The maximum atomic E-state index is 12.7. The van der Waals surface area contributed by atoms with E-state index in [4.69, 9.17) is 4.74 Å². The van der Waals surface area contributed by atoms with Crippen molar-refractivity contribution in [1.29, 1.82) is 0 Å². The van der Waals surface area contributed by atoms with E-state index in [1.54, 1.807) is 12.1 Å². The fraction of sp³-hybridized carbons (Fsp3) is 0.267. The van der Waals surface area contributed by atoms with Crippen LogP contribution in [0.1, 0.15) is 9.67 Å². The number of nitrogens with zero attached hydrogens (tertiary/aromatic N) is 1. The monoisotopic (exact) mass is 508 g/mol. The van der Waals surface area contributed by atoms with Gasteiger partial charge in [0.2, 0.25) is 10.0 Å². The second-order valence-electron chi connectivity index (χ2n) is 5.23. The van der Waals surface area contributed by atoms with Crippen molar-refractivity contribution >= 4 is 64.8 Å². The smallest absolute Gasteiger partial charge is 0.265 e. The Morgan fingerprint density at radius 1 is 1.16 bits per heavy atom. The molecule has 1 aromatic carbocycles. The number of carbonyl (C=O) groups is 1. The molecule has 0 saturated carbocycles. The summed E-state index contributed by atoms with van der Waals surface area (Å²) < 4.78 is 33.4. The van der Waals surface area contributed by atoms with E-state index >= 15 is 0 Å². The van der Waals surface area contributed by atoms with Crippen LogP contribution >= 0.6 is 43.2 Å². The third-order valence-corrected chi connectivity index (χ3v) is 8.25. The van der Waals surface area contributed by atoms with Crippen LogP contribution in [0.4, 0.5) is 5.69 Å². The van der Waals surface area contributed by atoms with Gasteiger partial charge < -0.3 is 10.1 Å². The van der Waals surface area contributed by atoms with Crippen molar-refractivity contribution in [2.45, 2.75) is 4.90 Å². The van der Waals surface area contributed by atoms with Crippen molar-refractivity contribution in [3.63, 3.8) is 0 Å². The van der Waals surface area contributed by atoms with Crippen LogP contribution in [0.2, 0.25) is 0 Å². The van der Waals surface area contributed by atoms with E-state index in [9.17, 15) is 13.2 Å². The normalized spacial score (nSPS) is 15.9. The van der Waals surface area contributed by atoms with Gasteiger partial charge in [-0.3, -0.25) is 4.79 Å². The summed E-state index contributed by atoms with van der Waals surface area (Å²) in [6, 6.07) is 8.56. The van der Waals surface area contributed by atoms with Gasteiger partial charge in [0.15, 0.2) is 0 Å². The summed E-state index contributed by atoms with van der Waals surface area (Å²) in [5, 5.41) is 2.76. The molecular formula is C15H14Br2N2O4S2. The number of hydrogen-bond donors (Lipinski definition) is 1. The molecule has 1 saturated heterocycles. The first-order valence-electron chi connectivity index (χ1n) is 7.32. The van der Waals surface area contributed by atoms with E-state index in [0.717, 1.165) is 15.8 Å².